The van der Waals surface area contributed by atoms with Gasteiger partial charge in [0.1, 0.15) is 5.76 Å². The maximum atomic E-state index is 12.0. The molecule has 0 saturated carbocycles. The fourth-order valence-electron chi connectivity index (χ4n) is 2.83. The largest absolute Gasteiger partial charge is 0.361 e. The van der Waals surface area contributed by atoms with Crippen molar-refractivity contribution in [2.45, 2.75) is 45.6 Å². The molecule has 7 heteroatoms. The van der Waals surface area contributed by atoms with Gasteiger partial charge >= 0.3 is 0 Å². The van der Waals surface area contributed by atoms with Gasteiger partial charge in [-0.2, -0.15) is 5.10 Å². The Bertz CT molecular complexity index is 655. The molecule has 1 aliphatic heterocycles. The van der Waals surface area contributed by atoms with Crippen LogP contribution in [0.3, 0.4) is 0 Å². The van der Waals surface area contributed by atoms with Crippen LogP contribution in [0.2, 0.25) is 0 Å². The van der Waals surface area contributed by atoms with Crippen molar-refractivity contribution in [3.63, 3.8) is 0 Å². The fourth-order valence-corrected chi connectivity index (χ4v) is 2.83. The predicted octanol–water partition coefficient (Wildman–Crippen LogP) is 2.08. The Morgan fingerprint density at radius 2 is 2.26 bits per heavy atom. The number of aryl methyl sites for hydroxylation is 2. The highest BCUT2D eigenvalue weighted by molar-refractivity contribution is 5.89. The third kappa shape index (κ3) is 3.73. The third-order valence-electron chi connectivity index (χ3n) is 4.15. The topological polar surface area (TPSA) is 92.9 Å². The molecule has 0 spiro atoms. The molecule has 122 valence electrons. The number of nitrogens with zero attached hydrogens (tertiary/aromatic N) is 3. The van der Waals surface area contributed by atoms with Crippen molar-refractivity contribution < 1.29 is 9.32 Å². The highest BCUT2D eigenvalue weighted by Crippen LogP contribution is 2.21. The fraction of sp³-hybridized carbons (Fsp3) is 0.500. The summed E-state index contributed by atoms with van der Waals surface area (Å²) in [7, 11) is 0. The lowest BCUT2D eigenvalue weighted by atomic mass is 10.1. The molecule has 3 rings (SSSR count). The second kappa shape index (κ2) is 6.87. The third-order valence-corrected chi connectivity index (χ3v) is 4.15. The first-order chi connectivity index (χ1) is 11.1. The molecule has 2 N–H and O–H groups in total. The molecule has 0 radical (unpaired) electrons. The Hall–Kier alpha value is -2.28. The van der Waals surface area contributed by atoms with E-state index in [9.17, 15) is 4.79 Å². The highest BCUT2D eigenvalue weighted by atomic mass is 16.5. The zero-order valence-corrected chi connectivity index (χ0v) is 13.4. The van der Waals surface area contributed by atoms with E-state index < -0.39 is 0 Å². The minimum Gasteiger partial charge on any atom is -0.361 e. The summed E-state index contributed by atoms with van der Waals surface area (Å²) >= 11 is 0. The van der Waals surface area contributed by atoms with Crippen LogP contribution in [0.15, 0.2) is 16.7 Å². The van der Waals surface area contributed by atoms with Crippen LogP contribution < -0.4 is 10.6 Å². The Labute approximate surface area is 134 Å². The van der Waals surface area contributed by atoms with E-state index in [1.54, 1.807) is 6.07 Å². The van der Waals surface area contributed by atoms with Crippen molar-refractivity contribution in [1.29, 1.82) is 0 Å². The lowest BCUT2D eigenvalue weighted by Gasteiger charge is -2.09. The lowest BCUT2D eigenvalue weighted by Crippen LogP contribution is -2.17. The van der Waals surface area contributed by atoms with E-state index in [4.69, 9.17) is 4.52 Å². The Morgan fingerprint density at radius 3 is 2.87 bits per heavy atom. The van der Waals surface area contributed by atoms with Crippen molar-refractivity contribution in [2.75, 3.05) is 11.9 Å². The van der Waals surface area contributed by atoms with Gasteiger partial charge in [0.2, 0.25) is 5.91 Å². The summed E-state index contributed by atoms with van der Waals surface area (Å²) in [6.45, 7) is 4.76. The zero-order chi connectivity index (χ0) is 16.2. The molecule has 0 aliphatic carbocycles. The molecule has 7 nitrogen and oxygen atoms in total. The smallest absolute Gasteiger partial charge is 0.225 e. The molecule has 1 amide bonds. The van der Waals surface area contributed by atoms with Crippen molar-refractivity contribution in [3.05, 3.63) is 34.8 Å². The van der Waals surface area contributed by atoms with Gasteiger partial charge in [0.25, 0.3) is 0 Å². The van der Waals surface area contributed by atoms with Crippen LogP contribution in [0.4, 0.5) is 5.82 Å². The molecule has 23 heavy (non-hydrogen) atoms. The average Bonchev–Trinajstić information content (AvgIpc) is 3.17. The molecular formula is C16H21N5O2. The molecule has 3 heterocycles. The van der Waals surface area contributed by atoms with E-state index in [-0.39, 0.29) is 11.9 Å². The van der Waals surface area contributed by atoms with Crippen LogP contribution in [0.1, 0.15) is 48.0 Å². The molecule has 1 fully saturated rings. The molecule has 1 atom stereocenters. The molecule has 0 aromatic carbocycles. The summed E-state index contributed by atoms with van der Waals surface area (Å²) in [6, 6.07) is 4.00. The van der Waals surface area contributed by atoms with Crippen LogP contribution in [0.25, 0.3) is 0 Å². The number of aromatic nitrogens is 3. The Balaban J connectivity index is 1.53. The Morgan fingerprint density at radius 1 is 1.39 bits per heavy atom. The van der Waals surface area contributed by atoms with Gasteiger partial charge in [0, 0.05) is 12.0 Å². The van der Waals surface area contributed by atoms with E-state index in [2.05, 4.69) is 26.0 Å². The molecule has 2 aromatic heterocycles. The van der Waals surface area contributed by atoms with Gasteiger partial charge in [-0.3, -0.25) is 4.79 Å². The summed E-state index contributed by atoms with van der Waals surface area (Å²) in [5.41, 5.74) is 2.76. The first-order valence-corrected chi connectivity index (χ1v) is 7.92. The van der Waals surface area contributed by atoms with Gasteiger partial charge in [-0.15, -0.1) is 5.10 Å². The van der Waals surface area contributed by atoms with E-state index in [0.29, 0.717) is 18.7 Å². The molecule has 1 aliphatic rings. The van der Waals surface area contributed by atoms with Crippen molar-refractivity contribution >= 4 is 11.7 Å². The van der Waals surface area contributed by atoms with Crippen molar-refractivity contribution in [1.82, 2.24) is 20.7 Å². The molecule has 1 saturated heterocycles. The van der Waals surface area contributed by atoms with Gasteiger partial charge < -0.3 is 15.2 Å². The number of carbonyl (C=O) groups is 1. The van der Waals surface area contributed by atoms with Crippen LogP contribution in [-0.4, -0.2) is 27.8 Å². The summed E-state index contributed by atoms with van der Waals surface area (Å²) < 4.78 is 5.10. The number of anilines is 1. The van der Waals surface area contributed by atoms with Gasteiger partial charge in [0.15, 0.2) is 5.82 Å². The lowest BCUT2D eigenvalue weighted by molar-refractivity contribution is -0.116. The van der Waals surface area contributed by atoms with Crippen molar-refractivity contribution in [3.8, 4) is 0 Å². The Kier molecular flexibility index (Phi) is 4.66. The quantitative estimate of drug-likeness (QED) is 0.877. The number of carbonyl (C=O) groups excluding carboxylic acids is 1. The van der Waals surface area contributed by atoms with E-state index in [0.717, 1.165) is 42.1 Å². The molecule has 0 bridgehead atoms. The maximum Gasteiger partial charge on any atom is 0.225 e. The number of rotatable bonds is 5. The second-order valence-electron chi connectivity index (χ2n) is 5.84. The minimum atomic E-state index is -0.0916. The number of amides is 1. The maximum absolute atomic E-state index is 12.0. The van der Waals surface area contributed by atoms with Gasteiger partial charge in [-0.25, -0.2) is 0 Å². The van der Waals surface area contributed by atoms with Gasteiger partial charge in [0.05, 0.1) is 17.4 Å². The molecule has 2 aromatic rings. The molecule has 1 unspecified atom stereocenters. The monoisotopic (exact) mass is 315 g/mol. The zero-order valence-electron chi connectivity index (χ0n) is 13.4. The summed E-state index contributed by atoms with van der Waals surface area (Å²) in [5, 5.41) is 18.3. The van der Waals surface area contributed by atoms with Gasteiger partial charge in [-0.1, -0.05) is 5.16 Å². The second-order valence-corrected chi connectivity index (χ2v) is 5.84. The van der Waals surface area contributed by atoms with Crippen LogP contribution in [0, 0.1) is 13.8 Å². The predicted molar refractivity (Wildman–Crippen MR) is 84.9 cm³/mol. The van der Waals surface area contributed by atoms with Gasteiger partial charge in [-0.05, 0) is 51.8 Å². The number of nitrogens with one attached hydrogen (secondary N) is 2. The minimum absolute atomic E-state index is 0.0916. The molecular weight excluding hydrogens is 294 g/mol. The first kappa shape index (κ1) is 15.6. The van der Waals surface area contributed by atoms with Crippen LogP contribution in [-0.2, 0) is 11.2 Å². The number of hydrogen-bond acceptors (Lipinski definition) is 6. The van der Waals surface area contributed by atoms with Crippen molar-refractivity contribution in [2.24, 2.45) is 0 Å². The summed E-state index contributed by atoms with van der Waals surface area (Å²) in [5.74, 6) is 1.16. The SMILES string of the molecule is Cc1noc(C)c1CCC(=O)Nc1ccc(C2CCCN2)nn1. The highest BCUT2D eigenvalue weighted by Gasteiger charge is 2.18. The van der Waals surface area contributed by atoms with E-state index in [1.807, 2.05) is 19.9 Å². The average molecular weight is 315 g/mol. The van der Waals surface area contributed by atoms with Crippen LogP contribution in [0.5, 0.6) is 0 Å². The van der Waals surface area contributed by atoms with E-state index in [1.165, 1.54) is 0 Å². The summed E-state index contributed by atoms with van der Waals surface area (Å²) in [4.78, 5) is 12.0. The first-order valence-electron chi connectivity index (χ1n) is 7.92. The number of hydrogen-bond donors (Lipinski definition) is 2. The standard InChI is InChI=1S/C16H21N5O2/c1-10-12(11(2)23-21-10)5-8-16(22)18-15-7-6-14(19-20-15)13-4-3-9-17-13/h6-7,13,17H,3-5,8-9H2,1-2H3,(H,18,20,22). The summed E-state index contributed by atoms with van der Waals surface area (Å²) in [6.07, 6.45) is 3.20. The normalized spacial score (nSPS) is 17.4. The van der Waals surface area contributed by atoms with E-state index >= 15 is 0 Å². The van der Waals surface area contributed by atoms with Crippen LogP contribution >= 0.6 is 0 Å².